The van der Waals surface area contributed by atoms with Gasteiger partial charge in [0.1, 0.15) is 0 Å². The molecule has 1 aliphatic heterocycles. The van der Waals surface area contributed by atoms with Crippen molar-refractivity contribution < 1.29 is 25.8 Å². The van der Waals surface area contributed by atoms with E-state index in [4.69, 9.17) is 0 Å². The summed E-state index contributed by atoms with van der Waals surface area (Å²) in [7, 11) is -3.82. The van der Waals surface area contributed by atoms with Crippen LogP contribution in [0.1, 0.15) is 17.2 Å². The first-order valence-electron chi connectivity index (χ1n) is 4.62. The molecular weight excluding hydrogens is 259 g/mol. The summed E-state index contributed by atoms with van der Waals surface area (Å²) in [6, 6.07) is 3.69. The predicted octanol–water partition coefficient (Wildman–Crippen LogP) is 1.61. The Bertz CT molecular complexity index is 527. The smallest absolute Gasteiger partial charge is 0.256 e. The van der Waals surface area contributed by atoms with Crippen molar-refractivity contribution in [2.45, 2.75) is 12.2 Å². The van der Waals surface area contributed by atoms with Gasteiger partial charge in [0.2, 0.25) is 0 Å². The van der Waals surface area contributed by atoms with Crippen molar-refractivity contribution in [1.82, 2.24) is 4.72 Å². The second-order valence-electron chi connectivity index (χ2n) is 3.53. The Labute approximate surface area is 95.7 Å². The molecular formula is C9H8F3NO3S. The molecule has 0 amide bonds. The SMILES string of the molecule is O=S1(=O)N[C@@H](c2cccc(C(F)(F)F)c2)CO1. The molecule has 0 radical (unpaired) electrons. The maximum absolute atomic E-state index is 12.4. The van der Waals surface area contributed by atoms with Crippen molar-refractivity contribution in [2.75, 3.05) is 6.61 Å². The highest BCUT2D eigenvalue weighted by Crippen LogP contribution is 2.31. The molecule has 0 spiro atoms. The van der Waals surface area contributed by atoms with E-state index in [-0.39, 0.29) is 12.2 Å². The standard InChI is InChI=1S/C9H8F3NO3S/c10-9(11,12)7-3-1-2-6(4-7)8-5-16-17(14,15)13-8/h1-4,8,13H,5H2/t8-/m1/s1. The number of rotatable bonds is 1. The van der Waals surface area contributed by atoms with Gasteiger partial charge in [-0.15, -0.1) is 0 Å². The zero-order valence-electron chi connectivity index (χ0n) is 8.36. The third-order valence-electron chi connectivity index (χ3n) is 2.29. The van der Waals surface area contributed by atoms with Gasteiger partial charge in [0.05, 0.1) is 18.2 Å². The molecule has 0 unspecified atom stereocenters. The Kier molecular flexibility index (Phi) is 2.88. The molecule has 0 aliphatic carbocycles. The van der Waals surface area contributed by atoms with Gasteiger partial charge in [0, 0.05) is 0 Å². The molecule has 1 fully saturated rings. The molecule has 0 saturated carbocycles. The van der Waals surface area contributed by atoms with Crippen LogP contribution in [0.5, 0.6) is 0 Å². The lowest BCUT2D eigenvalue weighted by Gasteiger charge is -2.11. The maximum atomic E-state index is 12.4. The van der Waals surface area contributed by atoms with Crippen molar-refractivity contribution in [3.8, 4) is 0 Å². The van der Waals surface area contributed by atoms with Gasteiger partial charge < -0.3 is 0 Å². The summed E-state index contributed by atoms with van der Waals surface area (Å²) < 4.78 is 65.7. The first kappa shape index (κ1) is 12.3. The molecule has 4 nitrogen and oxygen atoms in total. The number of alkyl halides is 3. The minimum absolute atomic E-state index is 0.205. The summed E-state index contributed by atoms with van der Waals surface area (Å²) in [4.78, 5) is 0. The average Bonchev–Trinajstić information content (AvgIpc) is 2.58. The van der Waals surface area contributed by atoms with E-state index < -0.39 is 28.1 Å². The summed E-state index contributed by atoms with van der Waals surface area (Å²) in [5.41, 5.74) is -0.595. The number of halogens is 3. The molecule has 0 aromatic heterocycles. The number of hydrogen-bond donors (Lipinski definition) is 1. The van der Waals surface area contributed by atoms with Crippen LogP contribution in [0, 0.1) is 0 Å². The van der Waals surface area contributed by atoms with E-state index in [0.717, 1.165) is 12.1 Å². The molecule has 8 heteroatoms. The van der Waals surface area contributed by atoms with Crippen molar-refractivity contribution in [2.24, 2.45) is 0 Å². The predicted molar refractivity (Wildman–Crippen MR) is 52.2 cm³/mol. The summed E-state index contributed by atoms with van der Waals surface area (Å²) in [5, 5.41) is 0. The summed E-state index contributed by atoms with van der Waals surface area (Å²) in [6.45, 7) is -0.205. The fourth-order valence-corrected chi connectivity index (χ4v) is 2.43. The van der Waals surface area contributed by atoms with Crippen LogP contribution in [0.2, 0.25) is 0 Å². The molecule has 0 bridgehead atoms. The summed E-state index contributed by atoms with van der Waals surface area (Å²) >= 11 is 0. The zero-order valence-corrected chi connectivity index (χ0v) is 9.18. The van der Waals surface area contributed by atoms with Crippen molar-refractivity contribution in [1.29, 1.82) is 0 Å². The maximum Gasteiger partial charge on any atom is 0.416 e. The van der Waals surface area contributed by atoms with Crippen LogP contribution in [0.25, 0.3) is 0 Å². The lowest BCUT2D eigenvalue weighted by atomic mass is 10.1. The minimum Gasteiger partial charge on any atom is -0.256 e. The fourth-order valence-electron chi connectivity index (χ4n) is 1.50. The Morgan fingerprint density at radius 1 is 1.35 bits per heavy atom. The molecule has 94 valence electrons. The van der Waals surface area contributed by atoms with E-state index in [2.05, 4.69) is 8.91 Å². The van der Waals surface area contributed by atoms with Crippen LogP contribution in [0.4, 0.5) is 13.2 Å². The summed E-state index contributed by atoms with van der Waals surface area (Å²) in [5.74, 6) is 0. The summed E-state index contributed by atoms with van der Waals surface area (Å²) in [6.07, 6.45) is -4.45. The van der Waals surface area contributed by atoms with Crippen molar-refractivity contribution in [3.05, 3.63) is 35.4 Å². The third kappa shape index (κ3) is 2.76. The lowest BCUT2D eigenvalue weighted by Crippen LogP contribution is -2.20. The van der Waals surface area contributed by atoms with Crippen LogP contribution in [-0.2, 0) is 20.7 Å². The fraction of sp³-hybridized carbons (Fsp3) is 0.333. The van der Waals surface area contributed by atoms with Gasteiger partial charge in [0.15, 0.2) is 0 Å². The Balaban J connectivity index is 2.29. The molecule has 1 heterocycles. The average molecular weight is 267 g/mol. The lowest BCUT2D eigenvalue weighted by molar-refractivity contribution is -0.137. The van der Waals surface area contributed by atoms with Crippen LogP contribution >= 0.6 is 0 Å². The second-order valence-corrected chi connectivity index (χ2v) is 4.91. The van der Waals surface area contributed by atoms with E-state index >= 15 is 0 Å². The topological polar surface area (TPSA) is 55.4 Å². The minimum atomic E-state index is -4.45. The van der Waals surface area contributed by atoms with Gasteiger partial charge in [-0.25, -0.2) is 0 Å². The molecule has 1 atom stereocenters. The molecule has 1 aromatic rings. The quantitative estimate of drug-likeness (QED) is 0.841. The second kappa shape index (κ2) is 3.97. The van der Waals surface area contributed by atoms with E-state index in [9.17, 15) is 21.6 Å². The van der Waals surface area contributed by atoms with Crippen molar-refractivity contribution in [3.63, 3.8) is 0 Å². The largest absolute Gasteiger partial charge is 0.416 e. The van der Waals surface area contributed by atoms with E-state index in [1.165, 1.54) is 12.1 Å². The molecule has 1 N–H and O–H groups in total. The van der Waals surface area contributed by atoms with Gasteiger partial charge >= 0.3 is 16.5 Å². The molecule has 1 aliphatic rings. The Hall–Kier alpha value is -1.12. The monoisotopic (exact) mass is 267 g/mol. The molecule has 1 saturated heterocycles. The number of hydrogen-bond acceptors (Lipinski definition) is 3. The van der Waals surface area contributed by atoms with Gasteiger partial charge in [-0.3, -0.25) is 4.18 Å². The molecule has 2 rings (SSSR count). The van der Waals surface area contributed by atoms with Crippen LogP contribution in [0.15, 0.2) is 24.3 Å². The number of benzene rings is 1. The highest BCUT2D eigenvalue weighted by atomic mass is 32.2. The highest BCUT2D eigenvalue weighted by molar-refractivity contribution is 7.84. The first-order chi connectivity index (χ1) is 7.78. The van der Waals surface area contributed by atoms with Gasteiger partial charge in [0.25, 0.3) is 0 Å². The van der Waals surface area contributed by atoms with Gasteiger partial charge in [-0.2, -0.15) is 26.3 Å². The van der Waals surface area contributed by atoms with Crippen LogP contribution in [-0.4, -0.2) is 15.0 Å². The molecule has 17 heavy (non-hydrogen) atoms. The van der Waals surface area contributed by atoms with Crippen LogP contribution in [0.3, 0.4) is 0 Å². The van der Waals surface area contributed by atoms with E-state index in [1.807, 2.05) is 0 Å². The Morgan fingerprint density at radius 3 is 2.59 bits per heavy atom. The molecule has 1 aromatic carbocycles. The Morgan fingerprint density at radius 2 is 2.06 bits per heavy atom. The number of nitrogens with one attached hydrogen (secondary N) is 1. The van der Waals surface area contributed by atoms with Crippen LogP contribution < -0.4 is 4.72 Å². The van der Waals surface area contributed by atoms with Crippen molar-refractivity contribution >= 4 is 10.3 Å². The van der Waals surface area contributed by atoms with E-state index in [0.29, 0.717) is 0 Å². The normalized spacial score (nSPS) is 23.8. The highest BCUT2D eigenvalue weighted by Gasteiger charge is 2.33. The first-order valence-corrected chi connectivity index (χ1v) is 6.02. The third-order valence-corrected chi connectivity index (χ3v) is 3.31. The van der Waals surface area contributed by atoms with Gasteiger partial charge in [-0.1, -0.05) is 12.1 Å². The van der Waals surface area contributed by atoms with Gasteiger partial charge in [-0.05, 0) is 17.7 Å². The zero-order chi connectivity index (χ0) is 12.7. The van der Waals surface area contributed by atoms with E-state index in [1.54, 1.807) is 0 Å².